The molecule has 1 N–H and O–H groups in total. The summed E-state index contributed by atoms with van der Waals surface area (Å²) in [5, 5.41) is 3.62. The summed E-state index contributed by atoms with van der Waals surface area (Å²) in [6.45, 7) is 1.70. The summed E-state index contributed by atoms with van der Waals surface area (Å²) in [4.78, 5) is 16.8. The van der Waals surface area contributed by atoms with Crippen LogP contribution in [0.5, 0.6) is 5.75 Å². The topological polar surface area (TPSA) is 88.6 Å². The SMILES string of the molecule is Cc1ccc2cccc(OCC(=O)Nc3ccc(S(=O)(=O)N(C)C)cc3)c2n1. The number of pyridine rings is 1. The molecule has 3 rings (SSSR count). The third kappa shape index (κ3) is 4.29. The van der Waals surface area contributed by atoms with Crippen molar-refractivity contribution in [2.75, 3.05) is 26.0 Å². The average Bonchev–Trinajstić information content (AvgIpc) is 2.66. The first-order valence-electron chi connectivity index (χ1n) is 8.59. The summed E-state index contributed by atoms with van der Waals surface area (Å²) in [5.74, 6) is 0.177. The fourth-order valence-electron chi connectivity index (χ4n) is 2.60. The predicted molar refractivity (Wildman–Crippen MR) is 108 cm³/mol. The van der Waals surface area contributed by atoms with Gasteiger partial charge in [-0.3, -0.25) is 4.79 Å². The molecular weight excluding hydrogens is 378 g/mol. The van der Waals surface area contributed by atoms with E-state index in [4.69, 9.17) is 4.74 Å². The molecule has 0 aliphatic carbocycles. The largest absolute Gasteiger partial charge is 0.481 e. The third-order valence-corrected chi connectivity index (χ3v) is 5.93. The summed E-state index contributed by atoms with van der Waals surface area (Å²) in [7, 11) is -0.575. The molecule has 0 aliphatic heterocycles. The highest BCUT2D eigenvalue weighted by Crippen LogP contribution is 2.24. The van der Waals surface area contributed by atoms with Crippen molar-refractivity contribution in [3.8, 4) is 5.75 Å². The van der Waals surface area contributed by atoms with E-state index >= 15 is 0 Å². The number of nitrogens with one attached hydrogen (secondary N) is 1. The number of para-hydroxylation sites is 1. The summed E-state index contributed by atoms with van der Waals surface area (Å²) >= 11 is 0. The number of ether oxygens (including phenoxy) is 1. The van der Waals surface area contributed by atoms with E-state index in [-0.39, 0.29) is 17.4 Å². The number of hydrogen-bond donors (Lipinski definition) is 1. The van der Waals surface area contributed by atoms with Gasteiger partial charge in [-0.05, 0) is 43.3 Å². The monoisotopic (exact) mass is 399 g/mol. The van der Waals surface area contributed by atoms with Gasteiger partial charge >= 0.3 is 0 Å². The fraction of sp³-hybridized carbons (Fsp3) is 0.200. The van der Waals surface area contributed by atoms with Gasteiger partial charge in [0.2, 0.25) is 10.0 Å². The summed E-state index contributed by atoms with van der Waals surface area (Å²) in [5.41, 5.74) is 2.05. The molecule has 0 bridgehead atoms. The number of nitrogens with zero attached hydrogens (tertiary/aromatic N) is 2. The van der Waals surface area contributed by atoms with Gasteiger partial charge in [-0.15, -0.1) is 0 Å². The summed E-state index contributed by atoms with van der Waals surface area (Å²) in [6, 6.07) is 15.4. The fourth-order valence-corrected chi connectivity index (χ4v) is 3.50. The first kappa shape index (κ1) is 19.8. The second-order valence-electron chi connectivity index (χ2n) is 6.43. The van der Waals surface area contributed by atoms with Crippen LogP contribution in [0.3, 0.4) is 0 Å². The zero-order chi connectivity index (χ0) is 20.3. The number of anilines is 1. The average molecular weight is 399 g/mol. The van der Waals surface area contributed by atoms with Gasteiger partial charge in [0.1, 0.15) is 11.3 Å². The van der Waals surface area contributed by atoms with Crippen LogP contribution in [0.4, 0.5) is 5.69 Å². The Morgan fingerprint density at radius 1 is 1.07 bits per heavy atom. The zero-order valence-corrected chi connectivity index (χ0v) is 16.7. The molecular formula is C20H21N3O4S. The molecule has 28 heavy (non-hydrogen) atoms. The number of sulfonamides is 1. The molecule has 0 fully saturated rings. The van der Waals surface area contributed by atoms with Crippen molar-refractivity contribution in [3.63, 3.8) is 0 Å². The molecule has 0 spiro atoms. The molecule has 1 heterocycles. The van der Waals surface area contributed by atoms with Crippen LogP contribution < -0.4 is 10.1 Å². The quantitative estimate of drug-likeness (QED) is 0.689. The zero-order valence-electron chi connectivity index (χ0n) is 15.8. The minimum absolute atomic E-state index is 0.156. The van der Waals surface area contributed by atoms with Gasteiger partial charge in [0.15, 0.2) is 6.61 Å². The number of aromatic nitrogens is 1. The standard InChI is InChI=1S/C20H21N3O4S/c1-14-7-8-15-5-4-6-18(20(15)21-14)27-13-19(24)22-16-9-11-17(12-10-16)28(25,26)23(2)3/h4-12H,13H2,1-3H3,(H,22,24). The van der Waals surface area contributed by atoms with Crippen molar-refractivity contribution in [1.29, 1.82) is 0 Å². The van der Waals surface area contributed by atoms with Crippen molar-refractivity contribution in [2.45, 2.75) is 11.8 Å². The van der Waals surface area contributed by atoms with Crippen LogP contribution in [0.2, 0.25) is 0 Å². The van der Waals surface area contributed by atoms with Crippen LogP contribution in [0.15, 0.2) is 59.5 Å². The minimum Gasteiger partial charge on any atom is -0.481 e. The number of fused-ring (bicyclic) bond motifs is 1. The lowest BCUT2D eigenvalue weighted by atomic mass is 10.2. The summed E-state index contributed by atoms with van der Waals surface area (Å²) in [6.07, 6.45) is 0. The van der Waals surface area contributed by atoms with Crippen molar-refractivity contribution in [3.05, 3.63) is 60.3 Å². The van der Waals surface area contributed by atoms with Gasteiger partial charge in [-0.2, -0.15) is 0 Å². The second kappa shape index (κ2) is 7.95. The normalized spacial score (nSPS) is 11.6. The van der Waals surface area contributed by atoms with Crippen LogP contribution in [0, 0.1) is 6.92 Å². The van der Waals surface area contributed by atoms with E-state index in [0.29, 0.717) is 17.0 Å². The third-order valence-electron chi connectivity index (χ3n) is 4.10. The highest BCUT2D eigenvalue weighted by Gasteiger charge is 2.16. The molecule has 2 aromatic carbocycles. The highest BCUT2D eigenvalue weighted by atomic mass is 32.2. The van der Waals surface area contributed by atoms with E-state index < -0.39 is 10.0 Å². The Labute approximate surface area is 164 Å². The maximum atomic E-state index is 12.2. The lowest BCUT2D eigenvalue weighted by Crippen LogP contribution is -2.22. The maximum Gasteiger partial charge on any atom is 0.262 e. The van der Waals surface area contributed by atoms with Crippen LogP contribution in [-0.4, -0.2) is 44.3 Å². The van der Waals surface area contributed by atoms with Crippen LogP contribution in [0.25, 0.3) is 10.9 Å². The molecule has 8 heteroatoms. The van der Waals surface area contributed by atoms with E-state index in [0.717, 1.165) is 15.4 Å². The van der Waals surface area contributed by atoms with Gasteiger partial charge in [0.05, 0.1) is 4.90 Å². The van der Waals surface area contributed by atoms with Gasteiger partial charge in [0.25, 0.3) is 5.91 Å². The number of rotatable bonds is 6. The Bertz CT molecular complexity index is 1110. The molecule has 1 aromatic heterocycles. The second-order valence-corrected chi connectivity index (χ2v) is 8.58. The van der Waals surface area contributed by atoms with Crippen LogP contribution >= 0.6 is 0 Å². The van der Waals surface area contributed by atoms with Gasteiger partial charge in [0, 0.05) is 30.9 Å². The van der Waals surface area contributed by atoms with Crippen molar-refractivity contribution >= 4 is 32.5 Å². The van der Waals surface area contributed by atoms with E-state index in [1.165, 1.54) is 38.4 Å². The van der Waals surface area contributed by atoms with Crippen molar-refractivity contribution in [1.82, 2.24) is 9.29 Å². The Morgan fingerprint density at radius 2 is 1.79 bits per heavy atom. The lowest BCUT2D eigenvalue weighted by Gasteiger charge is -2.12. The lowest BCUT2D eigenvalue weighted by molar-refractivity contribution is -0.118. The van der Waals surface area contributed by atoms with Crippen molar-refractivity contribution < 1.29 is 17.9 Å². The van der Waals surface area contributed by atoms with E-state index in [9.17, 15) is 13.2 Å². The van der Waals surface area contributed by atoms with E-state index in [2.05, 4.69) is 10.3 Å². The first-order valence-corrected chi connectivity index (χ1v) is 10.0. The molecule has 1 amide bonds. The smallest absolute Gasteiger partial charge is 0.262 e. The van der Waals surface area contributed by atoms with Gasteiger partial charge < -0.3 is 10.1 Å². The molecule has 0 radical (unpaired) electrons. The first-order chi connectivity index (χ1) is 13.3. The molecule has 0 unspecified atom stereocenters. The molecule has 0 aliphatic rings. The van der Waals surface area contributed by atoms with Gasteiger partial charge in [-0.25, -0.2) is 17.7 Å². The van der Waals surface area contributed by atoms with E-state index in [1.54, 1.807) is 6.07 Å². The molecule has 0 atom stereocenters. The number of aryl methyl sites for hydroxylation is 1. The minimum atomic E-state index is -3.50. The Hall–Kier alpha value is -2.97. The number of carbonyl (C=O) groups is 1. The molecule has 0 saturated carbocycles. The van der Waals surface area contributed by atoms with Gasteiger partial charge in [-0.1, -0.05) is 18.2 Å². The molecule has 146 valence electrons. The molecule has 3 aromatic rings. The van der Waals surface area contributed by atoms with E-state index in [1.807, 2.05) is 31.2 Å². The molecule has 0 saturated heterocycles. The number of amides is 1. The molecule has 7 nitrogen and oxygen atoms in total. The van der Waals surface area contributed by atoms with Crippen molar-refractivity contribution in [2.24, 2.45) is 0 Å². The maximum absolute atomic E-state index is 12.2. The Morgan fingerprint density at radius 3 is 2.46 bits per heavy atom. The predicted octanol–water partition coefficient (Wildman–Crippen LogP) is 2.81. The highest BCUT2D eigenvalue weighted by molar-refractivity contribution is 7.89. The summed E-state index contributed by atoms with van der Waals surface area (Å²) < 4.78 is 30.9. The number of hydrogen-bond acceptors (Lipinski definition) is 5. The Kier molecular flexibility index (Phi) is 5.62. The number of benzene rings is 2. The van der Waals surface area contributed by atoms with Crippen LogP contribution in [-0.2, 0) is 14.8 Å². The van der Waals surface area contributed by atoms with Crippen LogP contribution in [0.1, 0.15) is 5.69 Å². The number of carbonyl (C=O) groups excluding carboxylic acids is 1. The Balaban J connectivity index is 1.66.